The lowest BCUT2D eigenvalue weighted by Crippen LogP contribution is -2.45. The van der Waals surface area contributed by atoms with Crippen LogP contribution in [0, 0.1) is 41.1 Å². The Morgan fingerprint density at radius 2 is 1.02 bits per heavy atom. The molecule has 0 bridgehead atoms. The molecule has 6 rings (SSSR count). The van der Waals surface area contributed by atoms with Crippen LogP contribution in [0.25, 0.3) is 0 Å². The van der Waals surface area contributed by atoms with Gasteiger partial charge in [-0.05, 0) is 162 Å². The Morgan fingerprint density at radius 3 is 1.42 bits per heavy atom. The van der Waals surface area contributed by atoms with Crippen molar-refractivity contribution in [2.24, 2.45) is 23.7 Å². The number of rotatable bonds is 10. The molecule has 2 aliphatic carbocycles. The Hall–Kier alpha value is -3.20. The first-order valence-electron chi connectivity index (χ1n) is 18.5. The molecule has 2 N–H and O–H groups in total. The lowest BCUT2D eigenvalue weighted by molar-refractivity contribution is -0.0754. The second-order valence-electron chi connectivity index (χ2n) is 15.7. The predicted molar refractivity (Wildman–Crippen MR) is 205 cm³/mol. The van der Waals surface area contributed by atoms with Crippen LogP contribution in [0.1, 0.15) is 60.8 Å². The van der Waals surface area contributed by atoms with E-state index in [1.165, 1.54) is 36.4 Å². The topological polar surface area (TPSA) is 46.9 Å². The molecule has 4 nitrogen and oxygen atoms in total. The summed E-state index contributed by atoms with van der Waals surface area (Å²) >= 11 is 6.18. The zero-order chi connectivity index (χ0) is 37.5. The van der Waals surface area contributed by atoms with Crippen molar-refractivity contribution < 1.29 is 23.4 Å². The van der Waals surface area contributed by atoms with Crippen LogP contribution in [0.4, 0.5) is 13.2 Å². The molecule has 4 aromatic carbocycles. The highest BCUT2D eigenvalue weighted by Crippen LogP contribution is 2.46. The lowest BCUT2D eigenvalue weighted by atomic mass is 9.66. The van der Waals surface area contributed by atoms with Gasteiger partial charge in [0.1, 0.15) is 17.5 Å². The van der Waals surface area contributed by atoms with Crippen molar-refractivity contribution >= 4 is 11.6 Å². The summed E-state index contributed by atoms with van der Waals surface area (Å²) in [4.78, 5) is 4.22. The van der Waals surface area contributed by atoms with E-state index in [0.717, 1.165) is 74.7 Å². The summed E-state index contributed by atoms with van der Waals surface area (Å²) in [6, 6.07) is 27.5. The summed E-state index contributed by atoms with van der Waals surface area (Å²) in [5.74, 6) is 0.354. The van der Waals surface area contributed by atoms with Crippen LogP contribution in [-0.2, 0) is 24.0 Å². The van der Waals surface area contributed by atoms with Gasteiger partial charge in [0, 0.05) is 29.9 Å². The third-order valence-electron chi connectivity index (χ3n) is 11.1. The van der Waals surface area contributed by atoms with Crippen LogP contribution in [-0.4, -0.2) is 61.3 Å². The summed E-state index contributed by atoms with van der Waals surface area (Å²) in [5.41, 5.74) is 2.01. The molecule has 0 saturated heterocycles. The maximum absolute atomic E-state index is 13.7. The van der Waals surface area contributed by atoms with E-state index in [1.807, 2.05) is 82.8 Å². The smallest absolute Gasteiger partial charge is 0.123 e. The Morgan fingerprint density at radius 1 is 0.596 bits per heavy atom. The summed E-state index contributed by atoms with van der Waals surface area (Å²) in [6.07, 6.45) is 6.76. The van der Waals surface area contributed by atoms with E-state index in [0.29, 0.717) is 28.8 Å². The number of hydrogen-bond donors (Lipinski definition) is 2. The zero-order valence-corrected chi connectivity index (χ0v) is 31.7. The highest BCUT2D eigenvalue weighted by Gasteiger charge is 2.44. The van der Waals surface area contributed by atoms with Gasteiger partial charge in [0.05, 0.1) is 11.2 Å². The first-order chi connectivity index (χ1) is 24.7. The van der Waals surface area contributed by atoms with Gasteiger partial charge < -0.3 is 20.0 Å². The van der Waals surface area contributed by atoms with Crippen LogP contribution < -0.4 is 0 Å². The number of nitrogens with zero attached hydrogens (tertiary/aromatic N) is 2. The van der Waals surface area contributed by atoms with Crippen LogP contribution in [0.2, 0.25) is 5.02 Å². The largest absolute Gasteiger partial charge is 0.385 e. The lowest BCUT2D eigenvalue weighted by Gasteiger charge is -2.44. The minimum absolute atomic E-state index is 0.0264. The molecule has 8 heteroatoms. The van der Waals surface area contributed by atoms with Crippen molar-refractivity contribution in [2.75, 3.05) is 41.3 Å². The maximum Gasteiger partial charge on any atom is 0.123 e. The van der Waals surface area contributed by atoms with Gasteiger partial charge in [-0.3, -0.25) is 0 Å². The van der Waals surface area contributed by atoms with Crippen LogP contribution in [0.15, 0.2) is 97.1 Å². The van der Waals surface area contributed by atoms with Gasteiger partial charge in [0.2, 0.25) is 0 Å². The molecule has 0 aromatic heterocycles. The molecule has 2 aliphatic rings. The Balaban J connectivity index is 0.000000201. The number of halogens is 4. The van der Waals surface area contributed by atoms with Crippen molar-refractivity contribution in [3.05, 3.63) is 142 Å². The Labute approximate surface area is 313 Å². The standard InChI is InChI=1S/C22H27ClFNO.C22H27F2NO/c1-25(2)15-19-13-17(12-16-6-8-21(24)9-7-16)10-11-22(19,26)18-4-3-5-20(23)14-18;1-25(2)15-19-13-17(12-16-6-8-20(23)9-7-16)10-11-22(19,26)18-4-3-5-21(24)14-18/h2*3-9,14,17,19,26H,10-13,15H2,1-2H3. The fourth-order valence-electron chi connectivity index (χ4n) is 8.57. The highest BCUT2D eigenvalue weighted by molar-refractivity contribution is 6.30. The van der Waals surface area contributed by atoms with Crippen molar-refractivity contribution in [3.63, 3.8) is 0 Å². The molecule has 6 atom stereocenters. The first kappa shape index (κ1) is 40.0. The minimum Gasteiger partial charge on any atom is -0.385 e. The predicted octanol–water partition coefficient (Wildman–Crippen LogP) is 9.26. The van der Waals surface area contributed by atoms with E-state index in [1.54, 1.807) is 6.07 Å². The van der Waals surface area contributed by atoms with E-state index in [4.69, 9.17) is 11.6 Å². The summed E-state index contributed by atoms with van der Waals surface area (Å²) in [5, 5.41) is 23.7. The van der Waals surface area contributed by atoms with E-state index < -0.39 is 11.2 Å². The van der Waals surface area contributed by atoms with Gasteiger partial charge in [-0.25, -0.2) is 13.2 Å². The van der Waals surface area contributed by atoms with Gasteiger partial charge in [-0.15, -0.1) is 0 Å². The normalized spacial score (nSPS) is 26.2. The Bertz CT molecular complexity index is 1590. The molecule has 0 aliphatic heterocycles. The SMILES string of the molecule is CN(C)CC1CC(Cc2ccc(F)cc2)CCC1(O)c1cccc(Cl)c1.CN(C)CC1CC(Cc2ccc(F)cc2)CCC1(O)c1cccc(F)c1. The van der Waals surface area contributed by atoms with Crippen molar-refractivity contribution in [1.82, 2.24) is 9.80 Å². The molecule has 4 aromatic rings. The molecule has 280 valence electrons. The van der Waals surface area contributed by atoms with Crippen molar-refractivity contribution in [2.45, 2.75) is 62.6 Å². The van der Waals surface area contributed by atoms with Crippen LogP contribution >= 0.6 is 11.6 Å². The van der Waals surface area contributed by atoms with E-state index in [2.05, 4.69) is 9.80 Å². The third-order valence-corrected chi connectivity index (χ3v) is 11.4. The average molecular weight is 735 g/mol. The number of benzene rings is 4. The molecule has 0 heterocycles. The van der Waals surface area contributed by atoms with Gasteiger partial charge in [0.25, 0.3) is 0 Å². The van der Waals surface area contributed by atoms with E-state index in [-0.39, 0.29) is 29.3 Å². The summed E-state index contributed by atoms with van der Waals surface area (Å²) in [6.45, 7) is 1.57. The minimum atomic E-state index is -1.01. The third kappa shape index (κ3) is 10.5. The van der Waals surface area contributed by atoms with Gasteiger partial charge in [-0.1, -0.05) is 60.1 Å². The van der Waals surface area contributed by atoms with Crippen molar-refractivity contribution in [3.8, 4) is 0 Å². The Kier molecular flexibility index (Phi) is 13.7. The second kappa shape index (κ2) is 17.7. The van der Waals surface area contributed by atoms with E-state index in [9.17, 15) is 23.4 Å². The molecule has 2 fully saturated rings. The molecular weight excluding hydrogens is 681 g/mol. The van der Waals surface area contributed by atoms with Crippen LogP contribution in [0.5, 0.6) is 0 Å². The molecule has 2 saturated carbocycles. The summed E-state index contributed by atoms with van der Waals surface area (Å²) < 4.78 is 40.0. The van der Waals surface area contributed by atoms with Gasteiger partial charge >= 0.3 is 0 Å². The monoisotopic (exact) mass is 734 g/mol. The quantitative estimate of drug-likeness (QED) is 0.171. The van der Waals surface area contributed by atoms with Gasteiger partial charge in [0.15, 0.2) is 0 Å². The number of aliphatic hydroxyl groups is 2. The molecule has 0 amide bonds. The van der Waals surface area contributed by atoms with E-state index >= 15 is 0 Å². The fraction of sp³-hybridized carbons (Fsp3) is 0.455. The van der Waals surface area contributed by atoms with Crippen LogP contribution in [0.3, 0.4) is 0 Å². The van der Waals surface area contributed by atoms with Gasteiger partial charge in [-0.2, -0.15) is 0 Å². The first-order valence-corrected chi connectivity index (χ1v) is 18.9. The molecule has 52 heavy (non-hydrogen) atoms. The molecule has 0 spiro atoms. The van der Waals surface area contributed by atoms with Crippen molar-refractivity contribution in [1.29, 1.82) is 0 Å². The maximum atomic E-state index is 13.7. The second-order valence-corrected chi connectivity index (χ2v) is 16.2. The fourth-order valence-corrected chi connectivity index (χ4v) is 8.76. The molecular formula is C44H54ClF3N2O2. The zero-order valence-electron chi connectivity index (χ0n) is 30.9. The highest BCUT2D eigenvalue weighted by atomic mass is 35.5. The molecule has 0 radical (unpaired) electrons. The number of hydrogen-bond acceptors (Lipinski definition) is 4. The molecule has 6 unspecified atom stereocenters. The summed E-state index contributed by atoms with van der Waals surface area (Å²) in [7, 11) is 8.08. The average Bonchev–Trinajstić information content (AvgIpc) is 3.10.